The van der Waals surface area contributed by atoms with E-state index in [0.717, 1.165) is 24.8 Å². The van der Waals surface area contributed by atoms with Gasteiger partial charge in [-0.3, -0.25) is 0 Å². The van der Waals surface area contributed by atoms with Crippen LogP contribution in [0, 0.1) is 45.3 Å². The molecule has 7 fully saturated rings. The van der Waals surface area contributed by atoms with E-state index in [1.807, 2.05) is 0 Å². The maximum Gasteiger partial charge on any atom is 0.187 e. The summed E-state index contributed by atoms with van der Waals surface area (Å²) in [5.41, 5.74) is -2.06. The zero-order valence-electron chi connectivity index (χ0n) is 46.8. The van der Waals surface area contributed by atoms with Crippen molar-refractivity contribution in [3.63, 3.8) is 0 Å². The largest absolute Gasteiger partial charge is 0.394 e. The molecule has 0 aromatic rings. The summed E-state index contributed by atoms with van der Waals surface area (Å²) in [5.74, 6) is 0.258. The Morgan fingerprint density at radius 3 is 1.68 bits per heavy atom. The molecule has 0 bridgehead atoms. The van der Waals surface area contributed by atoms with Gasteiger partial charge >= 0.3 is 0 Å². The van der Waals surface area contributed by atoms with E-state index in [1.54, 1.807) is 13.8 Å². The molecule has 79 heavy (non-hydrogen) atoms. The van der Waals surface area contributed by atoms with E-state index in [0.29, 0.717) is 32.1 Å². The van der Waals surface area contributed by atoms with E-state index in [9.17, 15) is 81.7 Å². The summed E-state index contributed by atoms with van der Waals surface area (Å²) >= 11 is 0. The molecule has 3 saturated carbocycles. The normalized spacial score (nSPS) is 50.9. The fraction of sp³-hybridized carbons (Fsp3) is 0.964. The maximum atomic E-state index is 12.8. The maximum absolute atomic E-state index is 12.8. The van der Waals surface area contributed by atoms with Gasteiger partial charge in [0.25, 0.3) is 0 Å². The van der Waals surface area contributed by atoms with Crippen LogP contribution in [0.25, 0.3) is 0 Å². The molecule has 0 aromatic heterocycles. The van der Waals surface area contributed by atoms with Crippen LogP contribution in [-0.2, 0) is 37.9 Å². The quantitative estimate of drug-likeness (QED) is 0.0615. The molecule has 4 saturated heterocycles. The number of fused-ring (bicyclic) bond motifs is 5. The second-order valence-electron chi connectivity index (χ2n) is 26.0. The Balaban J connectivity index is 0.954. The predicted molar refractivity (Wildman–Crippen MR) is 272 cm³/mol. The lowest BCUT2D eigenvalue weighted by Crippen LogP contribution is -2.65. The smallest absolute Gasteiger partial charge is 0.187 e. The third-order valence-corrected chi connectivity index (χ3v) is 21.1. The van der Waals surface area contributed by atoms with Crippen molar-refractivity contribution in [1.29, 1.82) is 0 Å². The van der Waals surface area contributed by atoms with Crippen molar-refractivity contribution in [1.82, 2.24) is 0 Å². The summed E-state index contributed by atoms with van der Waals surface area (Å²) < 4.78 is 47.6. The Labute approximate surface area is 461 Å². The Bertz CT molecular complexity index is 2040. The van der Waals surface area contributed by atoms with Crippen molar-refractivity contribution in [2.45, 2.75) is 260 Å². The van der Waals surface area contributed by atoms with Gasteiger partial charge in [0.05, 0.1) is 50.3 Å². The number of aliphatic hydroxyl groups is 16. The van der Waals surface area contributed by atoms with Crippen LogP contribution in [0.5, 0.6) is 0 Å². The fourth-order valence-corrected chi connectivity index (χ4v) is 16.2. The summed E-state index contributed by atoms with van der Waals surface area (Å²) in [4.78, 5) is 0. The Kier molecular flexibility index (Phi) is 19.6. The van der Waals surface area contributed by atoms with E-state index in [1.165, 1.54) is 0 Å². The lowest BCUT2D eigenvalue weighted by molar-refractivity contribution is -0.375. The molecular formula is C55H94O24. The van der Waals surface area contributed by atoms with E-state index >= 15 is 0 Å². The molecule has 30 atom stereocenters. The van der Waals surface area contributed by atoms with Crippen LogP contribution in [-0.4, -0.2) is 255 Å². The van der Waals surface area contributed by atoms with Crippen LogP contribution in [0.2, 0.25) is 0 Å². The predicted octanol–water partition coefficient (Wildman–Crippen LogP) is -2.84. The van der Waals surface area contributed by atoms with Gasteiger partial charge in [0.15, 0.2) is 25.2 Å². The van der Waals surface area contributed by atoms with Crippen molar-refractivity contribution in [3.8, 4) is 0 Å². The first kappa shape index (κ1) is 63.8. The average molecular weight is 1140 g/mol. The molecule has 0 amide bonds. The van der Waals surface area contributed by atoms with E-state index < -0.39 is 184 Å². The van der Waals surface area contributed by atoms with Crippen molar-refractivity contribution in [2.75, 3.05) is 26.4 Å². The van der Waals surface area contributed by atoms with Gasteiger partial charge in [-0.1, -0.05) is 53.2 Å². The van der Waals surface area contributed by atoms with Crippen LogP contribution in [0.3, 0.4) is 0 Å². The van der Waals surface area contributed by atoms with Gasteiger partial charge in [-0.15, -0.1) is 0 Å². The molecular weight excluding hydrogens is 1040 g/mol. The Morgan fingerprint density at radius 2 is 1.13 bits per heavy atom. The van der Waals surface area contributed by atoms with Gasteiger partial charge in [0.1, 0.15) is 97.7 Å². The molecule has 4 heterocycles. The summed E-state index contributed by atoms with van der Waals surface area (Å²) in [6.07, 6.45) is -25.9. The zero-order chi connectivity index (χ0) is 58.2. The molecule has 0 aromatic carbocycles. The Hall–Kier alpha value is -1.22. The van der Waals surface area contributed by atoms with Crippen LogP contribution in [0.4, 0.5) is 0 Å². The first-order chi connectivity index (χ1) is 37.0. The fourth-order valence-electron chi connectivity index (χ4n) is 16.2. The van der Waals surface area contributed by atoms with Gasteiger partial charge in [-0.25, -0.2) is 0 Å². The highest BCUT2D eigenvalue weighted by Gasteiger charge is 2.71. The molecule has 0 spiro atoms. The number of allylic oxidation sites excluding steroid dienone is 1. The Morgan fingerprint density at radius 1 is 0.620 bits per heavy atom. The zero-order valence-corrected chi connectivity index (χ0v) is 46.8. The molecule has 8 rings (SSSR count). The summed E-state index contributed by atoms with van der Waals surface area (Å²) in [6.45, 7) is 13.6. The number of rotatable bonds is 18. The van der Waals surface area contributed by atoms with Gasteiger partial charge in [-0.2, -0.15) is 0 Å². The van der Waals surface area contributed by atoms with Gasteiger partial charge in [0.2, 0.25) is 0 Å². The van der Waals surface area contributed by atoms with Gasteiger partial charge in [0, 0.05) is 10.8 Å². The van der Waals surface area contributed by atoms with Gasteiger partial charge in [-0.05, 0) is 106 Å². The van der Waals surface area contributed by atoms with Crippen LogP contribution >= 0.6 is 0 Å². The third-order valence-electron chi connectivity index (χ3n) is 21.1. The topological polar surface area (TPSA) is 398 Å². The highest BCUT2D eigenvalue weighted by atomic mass is 16.8. The molecule has 16 N–H and O–H groups in total. The highest BCUT2D eigenvalue weighted by Crippen LogP contribution is 2.76. The number of hydrogen-bond donors (Lipinski definition) is 16. The van der Waals surface area contributed by atoms with Crippen molar-refractivity contribution >= 4 is 0 Å². The summed E-state index contributed by atoms with van der Waals surface area (Å²) in [5, 5.41) is 172. The molecule has 0 radical (unpaired) electrons. The number of hydrogen-bond acceptors (Lipinski definition) is 24. The third kappa shape index (κ3) is 11.2. The number of ether oxygens (including phenoxy) is 8. The standard InChI is InChI=1S/C55H94O24/c1-9-55-17-16-24(23(2)10-14-34(52(5,6)71)78-50-46(42(67)37(62)29(21-58)75-50)79-49-45(70)40(65)36(61)28(20-57)74-49)53(55,7)18-32(59)54(8)26-12-15-33(51(3,4)25(26)11-13-31(54)55)77-48-44(69)41(66)38(63)30(76-48)22-72-47-43(68)39(64)35(60)27(19-56)73-47/h11,23-24,26-50,56-71H,9-10,12-22H2,1-8H3/t23-,24?,26?,27-,28-,29-,30-,31?,32-,33+,34-,35-,36-,37-,38-,39+,40+,41+,42+,43-,44-,45-,46-,47-,48+,49+,50+,53-,54+,55+/m1/s1. The first-order valence-electron chi connectivity index (χ1n) is 28.6. The van der Waals surface area contributed by atoms with Crippen molar-refractivity contribution in [3.05, 3.63) is 11.6 Å². The van der Waals surface area contributed by atoms with E-state index in [-0.39, 0.29) is 40.9 Å². The molecule has 3 unspecified atom stereocenters. The summed E-state index contributed by atoms with van der Waals surface area (Å²) in [6, 6.07) is 0. The summed E-state index contributed by atoms with van der Waals surface area (Å²) in [7, 11) is 0. The highest BCUT2D eigenvalue weighted by molar-refractivity contribution is 5.32. The molecule has 4 aliphatic heterocycles. The minimum atomic E-state index is -1.85. The van der Waals surface area contributed by atoms with Gasteiger partial charge < -0.3 is 120 Å². The van der Waals surface area contributed by atoms with Crippen LogP contribution in [0.1, 0.15) is 113 Å². The van der Waals surface area contributed by atoms with Crippen LogP contribution < -0.4 is 0 Å². The molecule has 24 nitrogen and oxygen atoms in total. The van der Waals surface area contributed by atoms with E-state index in [2.05, 4.69) is 47.6 Å². The van der Waals surface area contributed by atoms with Crippen molar-refractivity contribution < 1.29 is 120 Å². The second-order valence-corrected chi connectivity index (χ2v) is 26.0. The monoisotopic (exact) mass is 1140 g/mol. The molecule has 24 heteroatoms. The molecule has 8 aliphatic rings. The first-order valence-corrected chi connectivity index (χ1v) is 28.6. The lowest BCUT2D eigenvalue weighted by atomic mass is 9.37. The average Bonchev–Trinajstić information content (AvgIpc) is 3.80. The number of aliphatic hydroxyl groups excluding tert-OH is 15. The molecule has 4 aliphatic carbocycles. The lowest BCUT2D eigenvalue weighted by Gasteiger charge is -2.68. The second kappa shape index (κ2) is 24.3. The minimum absolute atomic E-state index is 0.0323. The van der Waals surface area contributed by atoms with Crippen molar-refractivity contribution in [2.24, 2.45) is 45.3 Å². The molecule has 458 valence electrons. The minimum Gasteiger partial charge on any atom is -0.394 e. The van der Waals surface area contributed by atoms with Crippen LogP contribution in [0.15, 0.2) is 11.6 Å². The SMILES string of the molecule is CC[C@@]12CCC([C@H](C)CC[C@@H](O[C@@H]3O[C@H](CO)[C@@H](O)[C@H](O)[C@H]3O[C@@H]3O[C@H](CO)[C@@H](O)[C@H](O)[C@H]3O)C(C)(C)O)[C@@]1(C)C[C@@H](O)[C@@]1(C)C3CC[C@H](O[C@@H]4O[C@H](CO[C@@H]5O[C@H](CO)[C@@H](O)[C@H](O)[C@H]5O)[C@@H](O)[C@H](O)[C@H]4O)C(C)(C)C3=CCC12. The van der Waals surface area contributed by atoms with E-state index in [4.69, 9.17) is 37.9 Å².